The summed E-state index contributed by atoms with van der Waals surface area (Å²) in [7, 11) is 0. The van der Waals surface area contributed by atoms with Gasteiger partial charge in [0.2, 0.25) is 5.91 Å². The Morgan fingerprint density at radius 3 is 2.43 bits per heavy atom. The highest BCUT2D eigenvalue weighted by atomic mass is 35.5. The van der Waals surface area contributed by atoms with Crippen molar-refractivity contribution in [3.05, 3.63) is 105 Å². The summed E-state index contributed by atoms with van der Waals surface area (Å²) in [6.07, 6.45) is 0.535. The minimum Gasteiger partial charge on any atom is -0.326 e. The summed E-state index contributed by atoms with van der Waals surface area (Å²) >= 11 is 6.01. The van der Waals surface area contributed by atoms with E-state index in [2.05, 4.69) is 5.32 Å². The highest BCUT2D eigenvalue weighted by Gasteiger charge is 2.13. The van der Waals surface area contributed by atoms with Crippen LogP contribution in [0, 0.1) is 0 Å². The molecule has 0 bridgehead atoms. The van der Waals surface area contributed by atoms with Gasteiger partial charge in [-0.25, -0.2) is 4.98 Å². The first kappa shape index (κ1) is 19.9. The van der Waals surface area contributed by atoms with E-state index in [1.165, 1.54) is 6.92 Å². The number of aromatic nitrogens is 2. The van der Waals surface area contributed by atoms with Crippen molar-refractivity contribution in [3.63, 3.8) is 0 Å². The van der Waals surface area contributed by atoms with Gasteiger partial charge in [0.05, 0.1) is 17.4 Å². The summed E-state index contributed by atoms with van der Waals surface area (Å²) in [4.78, 5) is 29.6. The Morgan fingerprint density at radius 1 is 1.00 bits per heavy atom. The molecule has 6 heteroatoms. The van der Waals surface area contributed by atoms with Crippen LogP contribution in [-0.2, 0) is 17.8 Å². The van der Waals surface area contributed by atoms with E-state index in [4.69, 9.17) is 16.6 Å². The van der Waals surface area contributed by atoms with Crippen LogP contribution < -0.4 is 10.9 Å². The maximum absolute atomic E-state index is 13.4. The van der Waals surface area contributed by atoms with Gasteiger partial charge >= 0.3 is 0 Å². The van der Waals surface area contributed by atoms with Gasteiger partial charge in [-0.2, -0.15) is 0 Å². The van der Waals surface area contributed by atoms with Crippen LogP contribution in [0.3, 0.4) is 0 Å². The number of hydrogen-bond donors (Lipinski definition) is 1. The monoisotopic (exact) mass is 417 g/mol. The lowest BCUT2D eigenvalue weighted by Crippen LogP contribution is -2.26. The van der Waals surface area contributed by atoms with Gasteiger partial charge in [-0.05, 0) is 41.5 Å². The van der Waals surface area contributed by atoms with Crippen LogP contribution in [0.1, 0.15) is 23.9 Å². The van der Waals surface area contributed by atoms with Crippen molar-refractivity contribution in [2.24, 2.45) is 0 Å². The Morgan fingerprint density at radius 2 is 1.73 bits per heavy atom. The van der Waals surface area contributed by atoms with Gasteiger partial charge < -0.3 is 5.32 Å². The molecule has 0 aliphatic heterocycles. The molecular formula is C24H20ClN3O2. The van der Waals surface area contributed by atoms with Crippen LogP contribution in [0.5, 0.6) is 0 Å². The van der Waals surface area contributed by atoms with Crippen molar-refractivity contribution in [2.75, 3.05) is 5.32 Å². The Hall–Kier alpha value is -3.44. The molecule has 0 fully saturated rings. The topological polar surface area (TPSA) is 64.0 Å². The molecule has 1 N–H and O–H groups in total. The molecule has 0 aliphatic rings. The van der Waals surface area contributed by atoms with Crippen molar-refractivity contribution < 1.29 is 4.79 Å². The third-order valence-corrected chi connectivity index (χ3v) is 5.06. The molecule has 0 radical (unpaired) electrons. The predicted octanol–water partition coefficient (Wildman–Crippen LogP) is 4.65. The second-order valence-electron chi connectivity index (χ2n) is 7.12. The number of hydrogen-bond acceptors (Lipinski definition) is 3. The van der Waals surface area contributed by atoms with E-state index in [1.54, 1.807) is 22.8 Å². The average Bonchev–Trinajstić information content (AvgIpc) is 2.73. The number of halogens is 1. The molecule has 0 spiro atoms. The van der Waals surface area contributed by atoms with Gasteiger partial charge in [-0.3, -0.25) is 14.2 Å². The molecule has 0 atom stereocenters. The third-order valence-electron chi connectivity index (χ3n) is 4.81. The van der Waals surface area contributed by atoms with E-state index < -0.39 is 0 Å². The van der Waals surface area contributed by atoms with E-state index >= 15 is 0 Å². The van der Waals surface area contributed by atoms with E-state index in [0.29, 0.717) is 40.4 Å². The van der Waals surface area contributed by atoms with Crippen LogP contribution in [0.2, 0.25) is 5.02 Å². The highest BCUT2D eigenvalue weighted by molar-refractivity contribution is 6.30. The zero-order chi connectivity index (χ0) is 21.1. The first-order valence-corrected chi connectivity index (χ1v) is 9.97. The highest BCUT2D eigenvalue weighted by Crippen LogP contribution is 2.18. The number of nitrogens with one attached hydrogen (secondary N) is 1. The van der Waals surface area contributed by atoms with Crippen molar-refractivity contribution in [1.29, 1.82) is 0 Å². The molecule has 4 rings (SSSR count). The van der Waals surface area contributed by atoms with E-state index in [0.717, 1.165) is 11.1 Å². The summed E-state index contributed by atoms with van der Waals surface area (Å²) in [6, 6.07) is 22.6. The molecule has 1 aromatic heterocycles. The molecule has 5 nitrogen and oxygen atoms in total. The fourth-order valence-corrected chi connectivity index (χ4v) is 3.52. The van der Waals surface area contributed by atoms with E-state index in [1.807, 2.05) is 54.6 Å². The summed E-state index contributed by atoms with van der Waals surface area (Å²) in [6.45, 7) is 1.82. The maximum Gasteiger partial charge on any atom is 0.261 e. The smallest absolute Gasteiger partial charge is 0.261 e. The zero-order valence-electron chi connectivity index (χ0n) is 16.4. The molecule has 4 aromatic rings. The Labute approximate surface area is 179 Å². The molecule has 0 saturated heterocycles. The molecule has 1 heterocycles. The van der Waals surface area contributed by atoms with Gasteiger partial charge in [0.25, 0.3) is 5.56 Å². The van der Waals surface area contributed by atoms with Crippen LogP contribution in [0.25, 0.3) is 10.9 Å². The number of benzene rings is 3. The van der Waals surface area contributed by atoms with Gasteiger partial charge in [-0.1, -0.05) is 54.1 Å². The first-order chi connectivity index (χ1) is 14.5. The minimum absolute atomic E-state index is 0.145. The zero-order valence-corrected chi connectivity index (χ0v) is 17.2. The minimum atomic E-state index is -0.190. The quantitative estimate of drug-likeness (QED) is 0.514. The predicted molar refractivity (Wildman–Crippen MR) is 120 cm³/mol. The lowest BCUT2D eigenvalue weighted by molar-refractivity contribution is -0.114. The SMILES string of the molecule is CC(=O)Nc1ccc2nc(Cc3ccccc3)n(Cc3ccc(Cl)cc3)c(=O)c2c1. The summed E-state index contributed by atoms with van der Waals surface area (Å²) in [5.41, 5.74) is 3.06. The van der Waals surface area contributed by atoms with Gasteiger partial charge in [0.1, 0.15) is 5.82 Å². The van der Waals surface area contributed by atoms with Crippen molar-refractivity contribution >= 4 is 34.1 Å². The van der Waals surface area contributed by atoms with Crippen molar-refractivity contribution in [1.82, 2.24) is 9.55 Å². The molecule has 0 aliphatic carbocycles. The molecule has 0 saturated carbocycles. The third kappa shape index (κ3) is 4.42. The Balaban J connectivity index is 1.85. The second-order valence-corrected chi connectivity index (χ2v) is 7.56. The Bertz CT molecular complexity index is 1270. The molecule has 0 unspecified atom stereocenters. The molecule has 3 aromatic carbocycles. The lowest BCUT2D eigenvalue weighted by atomic mass is 10.1. The van der Waals surface area contributed by atoms with Crippen molar-refractivity contribution in [2.45, 2.75) is 19.9 Å². The summed E-state index contributed by atoms with van der Waals surface area (Å²) in [5, 5.41) is 3.83. The standard InChI is InChI=1S/C24H20ClN3O2/c1-16(29)26-20-11-12-22-21(14-20)24(30)28(15-18-7-9-19(25)10-8-18)23(27-22)13-17-5-3-2-4-6-17/h2-12,14H,13,15H2,1H3,(H,26,29). The van der Waals surface area contributed by atoms with Crippen molar-refractivity contribution in [3.8, 4) is 0 Å². The Kier molecular flexibility index (Phi) is 5.63. The number of carbonyl (C=O) groups excluding carboxylic acids is 1. The summed E-state index contributed by atoms with van der Waals surface area (Å²) < 4.78 is 1.69. The van der Waals surface area contributed by atoms with Gasteiger partial charge in [-0.15, -0.1) is 0 Å². The maximum atomic E-state index is 13.4. The molecular weight excluding hydrogens is 398 g/mol. The molecule has 30 heavy (non-hydrogen) atoms. The first-order valence-electron chi connectivity index (χ1n) is 9.59. The molecule has 1 amide bonds. The van der Waals surface area contributed by atoms with Crippen LogP contribution in [0.15, 0.2) is 77.6 Å². The van der Waals surface area contributed by atoms with Gasteiger partial charge in [0.15, 0.2) is 0 Å². The fraction of sp³-hybridized carbons (Fsp3) is 0.125. The average molecular weight is 418 g/mol. The van der Waals surface area contributed by atoms with E-state index in [-0.39, 0.29) is 11.5 Å². The largest absolute Gasteiger partial charge is 0.326 e. The number of nitrogens with zero attached hydrogens (tertiary/aromatic N) is 2. The number of carbonyl (C=O) groups is 1. The number of rotatable bonds is 5. The fourth-order valence-electron chi connectivity index (χ4n) is 3.40. The van der Waals surface area contributed by atoms with Gasteiger partial charge in [0, 0.05) is 24.1 Å². The van der Waals surface area contributed by atoms with E-state index in [9.17, 15) is 9.59 Å². The van der Waals surface area contributed by atoms with Crippen LogP contribution in [-0.4, -0.2) is 15.5 Å². The second kappa shape index (κ2) is 8.51. The number of amides is 1. The van der Waals surface area contributed by atoms with Crippen LogP contribution >= 0.6 is 11.6 Å². The number of anilines is 1. The van der Waals surface area contributed by atoms with Crippen LogP contribution in [0.4, 0.5) is 5.69 Å². The molecule has 150 valence electrons. The lowest BCUT2D eigenvalue weighted by Gasteiger charge is -2.15. The normalized spacial score (nSPS) is 10.9. The number of fused-ring (bicyclic) bond motifs is 1. The summed E-state index contributed by atoms with van der Waals surface area (Å²) in [5.74, 6) is 0.491.